The number of carbonyl (C=O) groups is 2. The molecule has 1 fully saturated rings. The lowest BCUT2D eigenvalue weighted by molar-refractivity contribution is -0.137. The maximum absolute atomic E-state index is 11.8. The lowest BCUT2D eigenvalue weighted by Gasteiger charge is -2.32. The second-order valence-corrected chi connectivity index (χ2v) is 4.61. The smallest absolute Gasteiger partial charge is 0.303 e. The summed E-state index contributed by atoms with van der Waals surface area (Å²) in [7, 11) is 0. The minimum Gasteiger partial charge on any atom is -0.481 e. The number of rotatable bonds is 6. The Bertz CT molecular complexity index is 288. The van der Waals surface area contributed by atoms with Gasteiger partial charge in [0.1, 0.15) is 0 Å². The van der Waals surface area contributed by atoms with Crippen LogP contribution in [-0.2, 0) is 9.59 Å². The Morgan fingerprint density at radius 3 is 2.82 bits per heavy atom. The first kappa shape index (κ1) is 13.7. The zero-order valence-corrected chi connectivity index (χ0v) is 10.2. The SMILES string of the molecule is C=CCCC(=O)N1CCC[C@H](CCC(=O)O)C1. The van der Waals surface area contributed by atoms with Crippen molar-refractivity contribution in [3.05, 3.63) is 12.7 Å². The molecule has 1 amide bonds. The van der Waals surface area contributed by atoms with Crippen molar-refractivity contribution in [1.82, 2.24) is 4.90 Å². The number of aliphatic carboxylic acids is 1. The summed E-state index contributed by atoms with van der Waals surface area (Å²) >= 11 is 0. The van der Waals surface area contributed by atoms with Crippen molar-refractivity contribution in [3.8, 4) is 0 Å². The number of nitrogens with zero attached hydrogens (tertiary/aromatic N) is 1. The standard InChI is InChI=1S/C13H21NO3/c1-2-3-6-12(15)14-9-4-5-11(10-14)7-8-13(16)17/h2,11H,1,3-10H2,(H,16,17)/t11-/m1/s1. The molecule has 4 heteroatoms. The predicted octanol–water partition coefficient (Wildman–Crippen LogP) is 2.06. The average Bonchev–Trinajstić information content (AvgIpc) is 2.33. The normalized spacial score (nSPS) is 20.0. The van der Waals surface area contributed by atoms with Gasteiger partial charge >= 0.3 is 5.97 Å². The summed E-state index contributed by atoms with van der Waals surface area (Å²) in [4.78, 5) is 24.2. The van der Waals surface area contributed by atoms with Crippen LogP contribution in [0.15, 0.2) is 12.7 Å². The second kappa shape index (κ2) is 7.09. The summed E-state index contributed by atoms with van der Waals surface area (Å²) in [5.74, 6) is -0.224. The molecule has 1 saturated heterocycles. The molecule has 4 nitrogen and oxygen atoms in total. The molecule has 0 unspecified atom stereocenters. The maximum atomic E-state index is 11.8. The van der Waals surface area contributed by atoms with E-state index in [1.807, 2.05) is 4.90 Å². The van der Waals surface area contributed by atoms with E-state index in [9.17, 15) is 9.59 Å². The molecule has 0 aromatic heterocycles. The number of likely N-dealkylation sites (tertiary alicyclic amines) is 1. The van der Waals surface area contributed by atoms with E-state index in [0.29, 0.717) is 18.8 Å². The molecule has 96 valence electrons. The second-order valence-electron chi connectivity index (χ2n) is 4.61. The van der Waals surface area contributed by atoms with Crippen molar-refractivity contribution in [2.75, 3.05) is 13.1 Å². The number of carboxylic acid groups (broad SMARTS) is 1. The first-order valence-electron chi connectivity index (χ1n) is 6.24. The highest BCUT2D eigenvalue weighted by atomic mass is 16.4. The molecule has 1 heterocycles. The Hall–Kier alpha value is -1.32. The molecule has 1 atom stereocenters. The van der Waals surface area contributed by atoms with Crippen LogP contribution >= 0.6 is 0 Å². The molecule has 1 aliphatic rings. The quantitative estimate of drug-likeness (QED) is 0.722. The van der Waals surface area contributed by atoms with E-state index in [0.717, 1.165) is 32.4 Å². The minimum absolute atomic E-state index is 0.171. The number of allylic oxidation sites excluding steroid dienone is 1. The van der Waals surface area contributed by atoms with E-state index < -0.39 is 5.97 Å². The van der Waals surface area contributed by atoms with Gasteiger partial charge in [0.15, 0.2) is 0 Å². The predicted molar refractivity (Wildman–Crippen MR) is 65.6 cm³/mol. The lowest BCUT2D eigenvalue weighted by atomic mass is 9.93. The number of amides is 1. The van der Waals surface area contributed by atoms with Crippen LogP contribution in [0.5, 0.6) is 0 Å². The summed E-state index contributed by atoms with van der Waals surface area (Å²) in [5.41, 5.74) is 0. The van der Waals surface area contributed by atoms with Gasteiger partial charge in [-0.15, -0.1) is 6.58 Å². The zero-order valence-electron chi connectivity index (χ0n) is 10.2. The van der Waals surface area contributed by atoms with Gasteiger partial charge in [0.2, 0.25) is 5.91 Å². The molecule has 17 heavy (non-hydrogen) atoms. The zero-order chi connectivity index (χ0) is 12.7. The van der Waals surface area contributed by atoms with Crippen molar-refractivity contribution in [2.45, 2.75) is 38.5 Å². The number of carbonyl (C=O) groups excluding carboxylic acids is 1. The topological polar surface area (TPSA) is 57.6 Å². The lowest BCUT2D eigenvalue weighted by Crippen LogP contribution is -2.39. The van der Waals surface area contributed by atoms with Crippen molar-refractivity contribution in [3.63, 3.8) is 0 Å². The summed E-state index contributed by atoms with van der Waals surface area (Å²) < 4.78 is 0. The molecule has 1 N–H and O–H groups in total. The fourth-order valence-corrected chi connectivity index (χ4v) is 2.24. The first-order valence-corrected chi connectivity index (χ1v) is 6.24. The highest BCUT2D eigenvalue weighted by Crippen LogP contribution is 2.21. The van der Waals surface area contributed by atoms with Crippen LogP contribution in [0.2, 0.25) is 0 Å². The summed E-state index contributed by atoms with van der Waals surface area (Å²) in [6.45, 7) is 5.15. The Labute approximate surface area is 102 Å². The highest BCUT2D eigenvalue weighted by Gasteiger charge is 2.23. The Morgan fingerprint density at radius 1 is 1.41 bits per heavy atom. The summed E-state index contributed by atoms with van der Waals surface area (Å²) in [6, 6.07) is 0. The van der Waals surface area contributed by atoms with E-state index in [-0.39, 0.29) is 12.3 Å². The van der Waals surface area contributed by atoms with Gasteiger partial charge in [0.05, 0.1) is 0 Å². The number of piperidine rings is 1. The molecule has 1 rings (SSSR count). The largest absolute Gasteiger partial charge is 0.481 e. The van der Waals surface area contributed by atoms with Crippen molar-refractivity contribution in [2.24, 2.45) is 5.92 Å². The van der Waals surface area contributed by atoms with Gasteiger partial charge < -0.3 is 10.0 Å². The van der Waals surface area contributed by atoms with Crippen LogP contribution in [0, 0.1) is 5.92 Å². The minimum atomic E-state index is -0.750. The van der Waals surface area contributed by atoms with Gasteiger partial charge in [-0.05, 0) is 31.6 Å². The molecule has 0 aliphatic carbocycles. The van der Waals surface area contributed by atoms with E-state index in [4.69, 9.17) is 5.11 Å². The van der Waals surface area contributed by atoms with Crippen LogP contribution in [-0.4, -0.2) is 35.0 Å². The molecule has 0 radical (unpaired) electrons. The van der Waals surface area contributed by atoms with Crippen LogP contribution in [0.4, 0.5) is 0 Å². The van der Waals surface area contributed by atoms with Crippen LogP contribution < -0.4 is 0 Å². The van der Waals surface area contributed by atoms with Gasteiger partial charge in [-0.25, -0.2) is 0 Å². The fourth-order valence-electron chi connectivity index (χ4n) is 2.24. The van der Waals surface area contributed by atoms with Gasteiger partial charge in [-0.2, -0.15) is 0 Å². The van der Waals surface area contributed by atoms with Gasteiger partial charge in [0.25, 0.3) is 0 Å². The Kier molecular flexibility index (Phi) is 5.73. The first-order chi connectivity index (χ1) is 8.13. The number of carboxylic acids is 1. The molecule has 0 saturated carbocycles. The fraction of sp³-hybridized carbons (Fsp3) is 0.692. The van der Waals surface area contributed by atoms with Crippen molar-refractivity contribution >= 4 is 11.9 Å². The number of hydrogen-bond donors (Lipinski definition) is 1. The summed E-state index contributed by atoms with van der Waals surface area (Å²) in [6.07, 6.45) is 5.91. The highest BCUT2D eigenvalue weighted by molar-refractivity contribution is 5.76. The molecular weight excluding hydrogens is 218 g/mol. The van der Waals surface area contributed by atoms with Crippen LogP contribution in [0.1, 0.15) is 38.5 Å². The molecular formula is C13H21NO3. The van der Waals surface area contributed by atoms with E-state index in [2.05, 4.69) is 6.58 Å². The van der Waals surface area contributed by atoms with E-state index in [1.165, 1.54) is 0 Å². The summed E-state index contributed by atoms with van der Waals surface area (Å²) in [5, 5.41) is 8.64. The monoisotopic (exact) mass is 239 g/mol. The third kappa shape index (κ3) is 5.02. The van der Waals surface area contributed by atoms with Crippen molar-refractivity contribution < 1.29 is 14.7 Å². The molecule has 1 aliphatic heterocycles. The van der Waals surface area contributed by atoms with Crippen LogP contribution in [0.25, 0.3) is 0 Å². The third-order valence-corrected chi connectivity index (χ3v) is 3.20. The average molecular weight is 239 g/mol. The Morgan fingerprint density at radius 2 is 2.18 bits per heavy atom. The van der Waals surface area contributed by atoms with Gasteiger partial charge in [-0.3, -0.25) is 9.59 Å². The molecule has 0 bridgehead atoms. The third-order valence-electron chi connectivity index (χ3n) is 3.20. The van der Waals surface area contributed by atoms with Crippen LogP contribution in [0.3, 0.4) is 0 Å². The van der Waals surface area contributed by atoms with Gasteiger partial charge in [0, 0.05) is 25.9 Å². The van der Waals surface area contributed by atoms with E-state index >= 15 is 0 Å². The molecule has 0 spiro atoms. The number of hydrogen-bond acceptors (Lipinski definition) is 2. The van der Waals surface area contributed by atoms with Crippen molar-refractivity contribution in [1.29, 1.82) is 0 Å². The maximum Gasteiger partial charge on any atom is 0.303 e. The Balaban J connectivity index is 2.34. The molecule has 0 aromatic carbocycles. The van der Waals surface area contributed by atoms with E-state index in [1.54, 1.807) is 6.08 Å². The van der Waals surface area contributed by atoms with Gasteiger partial charge in [-0.1, -0.05) is 6.08 Å². The molecule has 0 aromatic rings.